The average Bonchev–Trinajstić information content (AvgIpc) is 3.33. The summed E-state index contributed by atoms with van der Waals surface area (Å²) in [5.74, 6) is -4.09. The van der Waals surface area contributed by atoms with E-state index in [2.05, 4.69) is 19.9 Å². The molecule has 2 saturated heterocycles. The third kappa shape index (κ3) is 14.0. The van der Waals surface area contributed by atoms with Gasteiger partial charge in [0.25, 0.3) is 0 Å². The monoisotopic (exact) mass is 1140 g/mol. The summed E-state index contributed by atoms with van der Waals surface area (Å²) in [6.07, 6.45) is 7.85. The molecule has 2 unspecified atom stereocenters. The van der Waals surface area contributed by atoms with E-state index in [1.165, 1.54) is 0 Å². The molecule has 4 fully saturated rings. The van der Waals surface area contributed by atoms with Crippen LogP contribution in [0.1, 0.15) is 98.1 Å². The third-order valence-electron chi connectivity index (χ3n) is 13.8. The van der Waals surface area contributed by atoms with E-state index in [1.807, 2.05) is 72.8 Å². The van der Waals surface area contributed by atoms with Gasteiger partial charge in [-0.2, -0.15) is 0 Å². The Morgan fingerprint density at radius 1 is 0.526 bits per heavy atom. The van der Waals surface area contributed by atoms with Crippen LogP contribution in [-0.4, -0.2) is 88.0 Å². The quantitative estimate of drug-likeness (QED) is 0.0828. The first-order chi connectivity index (χ1) is 34.1. The molecule has 2 aliphatic heterocycles. The summed E-state index contributed by atoms with van der Waals surface area (Å²) in [5, 5.41) is 42.3. The molecule has 1 aromatic carbocycles. The molecule has 9 rings (SSSR count). The van der Waals surface area contributed by atoms with Gasteiger partial charge in [0.1, 0.15) is 0 Å². The standard InChI is InChI=1S/C32H40N2O8.2C10H8N2.C2H6O.2Co.NO3.H2O/c1-17-9-18(2)20(34-23(37)29(5)12-30(6,24(34)38)16-32(8,15-29)26(41)42)10-19(17)33-21(35)27(3)11-28(4,22(33)36)14-31(7,13-27)25(39)40;2*1-3-7-11-9(5-1)10-6-2-4-8-12-10;1-2-3;;;2-1(3)4;/h9-10H,11-16H2,1-8H3,(H,39,40)(H,41,42);2*1-8H;3H,2H2,1H3;;;;1H2/q;;;;;;-1;/t27-,28+,29-,30+,31?,32?;;;;;;;. The van der Waals surface area contributed by atoms with Crippen molar-refractivity contribution < 1.29 is 88.2 Å². The molecule has 412 valence electrons. The van der Waals surface area contributed by atoms with Gasteiger partial charge in [-0.15, -0.1) is 0 Å². The molecule has 4 amide bonds. The Balaban J connectivity index is 0.000000469. The number of fused-ring (bicyclic) bond motifs is 4. The molecular formula is C54H64Co2N7O13-. The molecule has 20 nitrogen and oxygen atoms in total. The fourth-order valence-electron chi connectivity index (χ4n) is 11.5. The topological polar surface area (TPSA) is 319 Å². The number of aliphatic hydroxyl groups excluding tert-OH is 1. The normalized spacial score (nSPS) is 25.7. The van der Waals surface area contributed by atoms with Crippen LogP contribution in [0.4, 0.5) is 11.4 Å². The van der Waals surface area contributed by atoms with Crippen LogP contribution in [-0.2, 0) is 62.3 Å². The van der Waals surface area contributed by atoms with E-state index in [9.17, 15) is 39.0 Å². The van der Waals surface area contributed by atoms with Gasteiger partial charge in [0.2, 0.25) is 23.6 Å². The van der Waals surface area contributed by atoms with Gasteiger partial charge in [-0.3, -0.25) is 48.7 Å². The summed E-state index contributed by atoms with van der Waals surface area (Å²) in [5.41, 5.74) is -1.57. The molecule has 4 aromatic heterocycles. The number of rotatable bonds is 6. The number of hydrogen-bond acceptors (Lipinski definition) is 14. The second-order valence-corrected chi connectivity index (χ2v) is 20.8. The smallest absolute Gasteiger partial charge is 0.309 e. The van der Waals surface area contributed by atoms with E-state index in [0.29, 0.717) is 11.1 Å². The van der Waals surface area contributed by atoms with Gasteiger partial charge >= 0.3 is 11.9 Å². The first kappa shape index (κ1) is 65.3. The van der Waals surface area contributed by atoms with Crippen LogP contribution in [0.15, 0.2) is 110 Å². The Morgan fingerprint density at radius 3 is 0.934 bits per heavy atom. The molecule has 4 aliphatic rings. The number of piperidine rings is 2. The van der Waals surface area contributed by atoms with Crippen LogP contribution in [0.3, 0.4) is 0 Å². The molecule has 4 bridgehead atoms. The number of aryl methyl sites for hydroxylation is 2. The van der Waals surface area contributed by atoms with Crippen molar-refractivity contribution in [1.82, 2.24) is 19.9 Å². The van der Waals surface area contributed by atoms with Gasteiger partial charge in [0, 0.05) is 86.6 Å². The van der Waals surface area contributed by atoms with Crippen molar-refractivity contribution in [3.8, 4) is 22.8 Å². The van der Waals surface area contributed by atoms with Crippen LogP contribution < -0.4 is 9.80 Å². The molecule has 5 aromatic rings. The number of hydrogen-bond donors (Lipinski definition) is 3. The molecule has 2 saturated carbocycles. The number of aliphatic carboxylic acids is 2. The van der Waals surface area contributed by atoms with E-state index in [4.69, 9.17) is 20.4 Å². The number of amides is 4. The Hall–Kier alpha value is -6.83. The van der Waals surface area contributed by atoms with Crippen LogP contribution in [0.25, 0.3) is 22.8 Å². The second kappa shape index (κ2) is 25.8. The predicted molar refractivity (Wildman–Crippen MR) is 274 cm³/mol. The van der Waals surface area contributed by atoms with Crippen LogP contribution in [0.2, 0.25) is 0 Å². The van der Waals surface area contributed by atoms with Crippen molar-refractivity contribution >= 4 is 46.9 Å². The summed E-state index contributed by atoms with van der Waals surface area (Å²) in [4.78, 5) is 108. The number of pyridine rings is 4. The molecule has 22 heteroatoms. The number of aromatic nitrogens is 4. The number of benzene rings is 1. The molecule has 76 heavy (non-hydrogen) atoms. The summed E-state index contributed by atoms with van der Waals surface area (Å²) in [7, 11) is 0. The summed E-state index contributed by atoms with van der Waals surface area (Å²) in [6.45, 7) is 15.4. The Morgan fingerprint density at radius 2 is 0.750 bits per heavy atom. The van der Waals surface area contributed by atoms with Gasteiger partial charge in [0.05, 0.1) is 50.1 Å². The average molecular weight is 1140 g/mol. The molecule has 5 N–H and O–H groups in total. The number of nitrogens with zero attached hydrogens (tertiary/aromatic N) is 7. The fourth-order valence-corrected chi connectivity index (χ4v) is 11.5. The molecule has 2 radical (unpaired) electrons. The number of carbonyl (C=O) groups excluding carboxylic acids is 4. The first-order valence-corrected chi connectivity index (χ1v) is 23.6. The molecule has 6 heterocycles. The van der Waals surface area contributed by atoms with Crippen molar-refractivity contribution in [1.29, 1.82) is 0 Å². The van der Waals surface area contributed by atoms with Crippen molar-refractivity contribution in [3.63, 3.8) is 0 Å². The Bertz CT molecular complexity index is 2550. The third-order valence-corrected chi connectivity index (χ3v) is 13.8. The maximum absolute atomic E-state index is 14.1. The summed E-state index contributed by atoms with van der Waals surface area (Å²) >= 11 is 0. The zero-order valence-corrected chi connectivity index (χ0v) is 45.7. The van der Waals surface area contributed by atoms with Crippen LogP contribution in [0.5, 0.6) is 0 Å². The minimum Gasteiger partial charge on any atom is -0.481 e. The van der Waals surface area contributed by atoms with Crippen LogP contribution in [0, 0.1) is 61.7 Å². The van der Waals surface area contributed by atoms with Gasteiger partial charge in [-0.1, -0.05) is 58.0 Å². The number of imide groups is 2. The van der Waals surface area contributed by atoms with Gasteiger partial charge < -0.3 is 36.1 Å². The number of carboxylic acids is 2. The number of aliphatic hydroxyl groups is 1. The van der Waals surface area contributed by atoms with Crippen molar-refractivity contribution in [2.24, 2.45) is 32.5 Å². The van der Waals surface area contributed by atoms with Crippen molar-refractivity contribution in [3.05, 3.63) is 136 Å². The molecular weight excluding hydrogens is 1070 g/mol. The predicted octanol–water partition coefficient (Wildman–Crippen LogP) is 7.84. The van der Waals surface area contributed by atoms with Crippen molar-refractivity contribution in [2.45, 2.75) is 101 Å². The largest absolute Gasteiger partial charge is 0.481 e. The Labute approximate surface area is 461 Å². The zero-order valence-electron chi connectivity index (χ0n) is 43.7. The van der Waals surface area contributed by atoms with E-state index in [0.717, 1.165) is 32.6 Å². The van der Waals surface area contributed by atoms with E-state index >= 15 is 0 Å². The van der Waals surface area contributed by atoms with Crippen molar-refractivity contribution in [2.75, 3.05) is 16.4 Å². The summed E-state index contributed by atoms with van der Waals surface area (Å²) in [6, 6.07) is 26.5. The molecule has 6 atom stereocenters. The van der Waals surface area contributed by atoms with E-state index in [1.54, 1.807) is 99.2 Å². The minimum absolute atomic E-state index is 0. The number of anilines is 2. The number of carbonyl (C=O) groups is 6. The van der Waals surface area contributed by atoms with Crippen LogP contribution >= 0.6 is 0 Å². The fraction of sp³-hybridized carbons (Fsp3) is 0.407. The second-order valence-electron chi connectivity index (χ2n) is 20.8. The maximum atomic E-state index is 14.1. The molecule has 2 aliphatic carbocycles. The zero-order chi connectivity index (χ0) is 54.3. The maximum Gasteiger partial charge on any atom is 0.309 e. The SMILES string of the molecule is CCO.Cc1cc(C)c(N2C(=O)[C@@]3(C)CC(C)(C(=O)O)C[C@](C)(C3)C2=O)cc1N1C(=O)[C@@]2(C)CC(C)(C(=O)O)C[C@](C)(C2)C1=O.O.O=[N+]([O-])[O-].[Co].[Co].c1ccc(-c2ccccn2)nc1.c1ccc(-c2ccccn2)nc1. The first-order valence-electron chi connectivity index (χ1n) is 23.6. The summed E-state index contributed by atoms with van der Waals surface area (Å²) < 4.78 is 0. The van der Waals surface area contributed by atoms with Gasteiger partial charge in [-0.25, -0.2) is 9.80 Å². The Kier molecular flexibility index (Phi) is 22.2. The minimum atomic E-state index is -1.75. The van der Waals surface area contributed by atoms with E-state index in [-0.39, 0.29) is 95.5 Å². The molecule has 0 spiro atoms. The van der Waals surface area contributed by atoms with Gasteiger partial charge in [0.15, 0.2) is 0 Å². The van der Waals surface area contributed by atoms with E-state index < -0.39 is 73.1 Å². The number of carboxylic acid groups (broad SMARTS) is 2. The van der Waals surface area contributed by atoms with Gasteiger partial charge in [-0.05, 0) is 139 Å².